The molecule has 0 fully saturated rings. The number of halogens is 1. The maximum atomic E-state index is 12.7. The first-order valence-corrected chi connectivity index (χ1v) is 11.6. The quantitative estimate of drug-likeness (QED) is 0.248. The highest BCUT2D eigenvalue weighted by Crippen LogP contribution is 2.30. The third kappa shape index (κ3) is 7.12. The second-order valence-corrected chi connectivity index (χ2v) is 8.05. The first kappa shape index (κ1) is 24.9. The number of nitriles is 1. The van der Waals surface area contributed by atoms with Crippen LogP contribution in [0.3, 0.4) is 0 Å². The Kier molecular flexibility index (Phi) is 9.12. The van der Waals surface area contributed by atoms with Crippen LogP contribution >= 0.6 is 15.9 Å². The summed E-state index contributed by atoms with van der Waals surface area (Å²) in [6, 6.07) is 22.2. The van der Waals surface area contributed by atoms with Gasteiger partial charge in [0.05, 0.1) is 13.2 Å². The Morgan fingerprint density at radius 2 is 1.74 bits per heavy atom. The van der Waals surface area contributed by atoms with Crippen LogP contribution in [0.4, 0.5) is 5.69 Å². The first-order chi connectivity index (χ1) is 16.5. The molecule has 0 spiro atoms. The standard InChI is InChI=1S/C27H25BrN2O4/c1-3-32-24-7-5-6-23(16-24)30-27(31)21(17-29)14-20-10-13-25(26(15-20)33-4-2)34-18-19-8-11-22(28)12-9-19/h5-16H,3-4,18H2,1-2H3,(H,30,31)/b21-14-. The molecule has 0 aromatic heterocycles. The minimum atomic E-state index is -0.510. The van der Waals surface area contributed by atoms with Crippen molar-refractivity contribution in [2.45, 2.75) is 20.5 Å². The summed E-state index contributed by atoms with van der Waals surface area (Å²) in [7, 11) is 0. The summed E-state index contributed by atoms with van der Waals surface area (Å²) in [4.78, 5) is 12.7. The van der Waals surface area contributed by atoms with Crippen LogP contribution in [0.15, 0.2) is 76.8 Å². The molecule has 6 nitrogen and oxygen atoms in total. The Hall–Kier alpha value is -3.76. The average molecular weight is 521 g/mol. The molecule has 0 unspecified atom stereocenters. The number of nitrogens with zero attached hydrogens (tertiary/aromatic N) is 1. The van der Waals surface area contributed by atoms with Crippen molar-refractivity contribution in [2.75, 3.05) is 18.5 Å². The molecular weight excluding hydrogens is 496 g/mol. The average Bonchev–Trinajstić information content (AvgIpc) is 2.83. The van der Waals surface area contributed by atoms with Gasteiger partial charge in [0, 0.05) is 16.2 Å². The van der Waals surface area contributed by atoms with Gasteiger partial charge in [-0.3, -0.25) is 4.79 Å². The molecule has 0 saturated carbocycles. The summed E-state index contributed by atoms with van der Waals surface area (Å²) in [5.74, 6) is 1.25. The van der Waals surface area contributed by atoms with Crippen LogP contribution in [-0.2, 0) is 11.4 Å². The zero-order valence-electron chi connectivity index (χ0n) is 19.0. The zero-order chi connectivity index (χ0) is 24.3. The van der Waals surface area contributed by atoms with E-state index in [0.717, 1.165) is 10.0 Å². The molecule has 7 heteroatoms. The van der Waals surface area contributed by atoms with Crippen LogP contribution < -0.4 is 19.5 Å². The van der Waals surface area contributed by atoms with Gasteiger partial charge in [-0.1, -0.05) is 40.2 Å². The summed E-state index contributed by atoms with van der Waals surface area (Å²) in [5.41, 5.74) is 2.18. The first-order valence-electron chi connectivity index (χ1n) is 10.8. The van der Waals surface area contributed by atoms with Gasteiger partial charge in [-0.15, -0.1) is 0 Å². The van der Waals surface area contributed by atoms with E-state index in [1.165, 1.54) is 6.08 Å². The van der Waals surface area contributed by atoms with Crippen molar-refractivity contribution in [1.82, 2.24) is 0 Å². The Morgan fingerprint density at radius 1 is 0.971 bits per heavy atom. The molecule has 1 N–H and O–H groups in total. The molecule has 34 heavy (non-hydrogen) atoms. The van der Waals surface area contributed by atoms with Crippen molar-refractivity contribution in [3.8, 4) is 23.3 Å². The van der Waals surface area contributed by atoms with Gasteiger partial charge in [-0.2, -0.15) is 5.26 Å². The van der Waals surface area contributed by atoms with Crippen molar-refractivity contribution < 1.29 is 19.0 Å². The number of carbonyl (C=O) groups excluding carboxylic acids is 1. The minimum absolute atomic E-state index is 0.0345. The molecule has 0 aliphatic rings. The van der Waals surface area contributed by atoms with E-state index in [0.29, 0.717) is 48.3 Å². The van der Waals surface area contributed by atoms with Gasteiger partial charge in [0.2, 0.25) is 0 Å². The van der Waals surface area contributed by atoms with Crippen molar-refractivity contribution in [1.29, 1.82) is 5.26 Å². The Morgan fingerprint density at radius 3 is 2.44 bits per heavy atom. The lowest BCUT2D eigenvalue weighted by Crippen LogP contribution is -2.13. The van der Waals surface area contributed by atoms with Gasteiger partial charge >= 0.3 is 0 Å². The number of benzene rings is 3. The Balaban J connectivity index is 1.76. The SMILES string of the molecule is CCOc1cccc(NC(=O)/C(C#N)=C\c2ccc(OCc3ccc(Br)cc3)c(OCC)c2)c1. The summed E-state index contributed by atoms with van der Waals surface area (Å²) in [5, 5.41) is 12.3. The maximum Gasteiger partial charge on any atom is 0.266 e. The van der Waals surface area contributed by atoms with Crippen LogP contribution in [0.5, 0.6) is 17.2 Å². The van der Waals surface area contributed by atoms with E-state index in [4.69, 9.17) is 14.2 Å². The predicted octanol–water partition coefficient (Wildman–Crippen LogP) is 6.37. The largest absolute Gasteiger partial charge is 0.494 e. The number of carbonyl (C=O) groups is 1. The Labute approximate surface area is 207 Å². The molecule has 174 valence electrons. The number of nitrogens with one attached hydrogen (secondary N) is 1. The number of rotatable bonds is 10. The van der Waals surface area contributed by atoms with E-state index in [1.54, 1.807) is 42.5 Å². The summed E-state index contributed by atoms with van der Waals surface area (Å²) < 4.78 is 18.1. The molecule has 3 aromatic carbocycles. The molecule has 1 amide bonds. The van der Waals surface area contributed by atoms with E-state index < -0.39 is 5.91 Å². The molecular formula is C27H25BrN2O4. The second kappa shape index (κ2) is 12.5. The fraction of sp³-hybridized carbons (Fsp3) is 0.185. The van der Waals surface area contributed by atoms with Crippen LogP contribution in [0.25, 0.3) is 6.08 Å². The number of hydrogen-bond acceptors (Lipinski definition) is 5. The van der Waals surface area contributed by atoms with E-state index in [9.17, 15) is 10.1 Å². The Bertz CT molecular complexity index is 1200. The van der Waals surface area contributed by atoms with Gasteiger partial charge in [0.1, 0.15) is 24.0 Å². The summed E-state index contributed by atoms with van der Waals surface area (Å²) in [6.45, 7) is 5.12. The van der Waals surface area contributed by atoms with Crippen molar-refractivity contribution >= 4 is 33.6 Å². The summed E-state index contributed by atoms with van der Waals surface area (Å²) >= 11 is 3.42. The van der Waals surface area contributed by atoms with Gasteiger partial charge in [-0.25, -0.2) is 0 Å². The van der Waals surface area contributed by atoms with Crippen LogP contribution in [0.2, 0.25) is 0 Å². The maximum absolute atomic E-state index is 12.7. The normalized spacial score (nSPS) is 10.8. The lowest BCUT2D eigenvalue weighted by atomic mass is 10.1. The van der Waals surface area contributed by atoms with Gasteiger partial charge < -0.3 is 19.5 Å². The minimum Gasteiger partial charge on any atom is -0.494 e. The predicted molar refractivity (Wildman–Crippen MR) is 136 cm³/mol. The van der Waals surface area contributed by atoms with Gasteiger partial charge in [0.15, 0.2) is 11.5 Å². The number of anilines is 1. The van der Waals surface area contributed by atoms with Crippen LogP contribution in [0.1, 0.15) is 25.0 Å². The molecule has 3 rings (SSSR count). The highest BCUT2D eigenvalue weighted by atomic mass is 79.9. The molecule has 0 aliphatic heterocycles. The lowest BCUT2D eigenvalue weighted by molar-refractivity contribution is -0.112. The zero-order valence-corrected chi connectivity index (χ0v) is 20.6. The van der Waals surface area contributed by atoms with Crippen molar-refractivity contribution in [3.05, 3.63) is 87.9 Å². The van der Waals surface area contributed by atoms with Crippen molar-refractivity contribution in [2.24, 2.45) is 0 Å². The summed E-state index contributed by atoms with van der Waals surface area (Å²) in [6.07, 6.45) is 1.52. The highest BCUT2D eigenvalue weighted by molar-refractivity contribution is 9.10. The fourth-order valence-corrected chi connectivity index (χ4v) is 3.35. The fourth-order valence-electron chi connectivity index (χ4n) is 3.09. The van der Waals surface area contributed by atoms with Gasteiger partial charge in [0.25, 0.3) is 5.91 Å². The third-order valence-corrected chi connectivity index (χ3v) is 5.18. The monoisotopic (exact) mass is 520 g/mol. The number of ether oxygens (including phenoxy) is 3. The molecule has 0 saturated heterocycles. The van der Waals surface area contributed by atoms with E-state index >= 15 is 0 Å². The van der Waals surface area contributed by atoms with Gasteiger partial charge in [-0.05, 0) is 67.4 Å². The molecule has 0 aliphatic carbocycles. The molecule has 0 radical (unpaired) electrons. The third-order valence-electron chi connectivity index (χ3n) is 4.65. The lowest BCUT2D eigenvalue weighted by Gasteiger charge is -2.13. The van der Waals surface area contributed by atoms with E-state index in [1.807, 2.05) is 44.2 Å². The smallest absolute Gasteiger partial charge is 0.266 e. The number of amides is 1. The number of hydrogen-bond donors (Lipinski definition) is 1. The van der Waals surface area contributed by atoms with Crippen molar-refractivity contribution in [3.63, 3.8) is 0 Å². The van der Waals surface area contributed by atoms with E-state index in [2.05, 4.69) is 21.2 Å². The molecule has 0 bridgehead atoms. The van der Waals surface area contributed by atoms with Crippen LogP contribution in [0, 0.1) is 11.3 Å². The van der Waals surface area contributed by atoms with Crippen LogP contribution in [-0.4, -0.2) is 19.1 Å². The molecule has 3 aromatic rings. The molecule has 0 heterocycles. The topological polar surface area (TPSA) is 80.6 Å². The highest BCUT2D eigenvalue weighted by Gasteiger charge is 2.12. The van der Waals surface area contributed by atoms with E-state index in [-0.39, 0.29) is 5.57 Å². The second-order valence-electron chi connectivity index (χ2n) is 7.14. The molecule has 0 atom stereocenters.